The van der Waals surface area contributed by atoms with Gasteiger partial charge in [-0.1, -0.05) is 0 Å². The van der Waals surface area contributed by atoms with Crippen molar-refractivity contribution < 1.29 is 9.13 Å². The highest BCUT2D eigenvalue weighted by Crippen LogP contribution is 2.27. The molecule has 2 aromatic heterocycles. The van der Waals surface area contributed by atoms with Crippen LogP contribution < -0.4 is 4.74 Å². The molecular weight excluding hydrogens is 303 g/mol. The normalized spacial score (nSPS) is 10.8. The highest BCUT2D eigenvalue weighted by atomic mass is 79.9. The van der Waals surface area contributed by atoms with Crippen molar-refractivity contribution in [3.8, 4) is 11.6 Å². The first-order valence-corrected chi connectivity index (χ1v) is 5.80. The van der Waals surface area contributed by atoms with Crippen molar-refractivity contribution in [2.45, 2.75) is 0 Å². The van der Waals surface area contributed by atoms with Gasteiger partial charge in [-0.25, -0.2) is 14.4 Å². The molecule has 3 aromatic rings. The van der Waals surface area contributed by atoms with Gasteiger partial charge < -0.3 is 9.72 Å². The number of halogens is 2. The summed E-state index contributed by atoms with van der Waals surface area (Å²) >= 11 is 3.08. The van der Waals surface area contributed by atoms with Crippen LogP contribution in [0.2, 0.25) is 0 Å². The predicted octanol–water partition coefficient (Wildman–Crippen LogP) is 3.05. The molecule has 0 aliphatic carbocycles. The summed E-state index contributed by atoms with van der Waals surface area (Å²) in [5, 5.41) is 0. The zero-order valence-electron chi connectivity index (χ0n) is 8.89. The highest BCUT2D eigenvalue weighted by molar-refractivity contribution is 9.10. The lowest BCUT2D eigenvalue weighted by Crippen LogP contribution is -1.91. The van der Waals surface area contributed by atoms with Gasteiger partial charge >= 0.3 is 0 Å². The minimum absolute atomic E-state index is 0.305. The van der Waals surface area contributed by atoms with Crippen molar-refractivity contribution in [2.75, 3.05) is 0 Å². The Bertz CT molecular complexity index is 715. The Labute approximate surface area is 109 Å². The van der Waals surface area contributed by atoms with Crippen LogP contribution in [-0.4, -0.2) is 19.9 Å². The molecule has 5 nitrogen and oxygen atoms in total. The summed E-state index contributed by atoms with van der Waals surface area (Å²) < 4.78 is 19.2. The Hall–Kier alpha value is -2.02. The van der Waals surface area contributed by atoms with Gasteiger partial charge in [0.05, 0.1) is 10.8 Å². The average Bonchev–Trinajstić information content (AvgIpc) is 2.83. The number of aromatic amines is 1. The molecule has 3 rings (SSSR count). The maximum atomic E-state index is 13.4. The molecule has 0 atom stereocenters. The van der Waals surface area contributed by atoms with Gasteiger partial charge in [0, 0.05) is 6.07 Å². The van der Waals surface area contributed by atoms with Gasteiger partial charge in [-0.2, -0.15) is 4.98 Å². The van der Waals surface area contributed by atoms with E-state index >= 15 is 0 Å². The smallest absolute Gasteiger partial charge is 0.248 e. The van der Waals surface area contributed by atoms with Crippen molar-refractivity contribution in [3.63, 3.8) is 0 Å². The van der Waals surface area contributed by atoms with Gasteiger partial charge in [-0.3, -0.25) is 0 Å². The molecule has 90 valence electrons. The number of H-pyrrole nitrogens is 1. The van der Waals surface area contributed by atoms with E-state index in [9.17, 15) is 4.39 Å². The van der Waals surface area contributed by atoms with E-state index in [-0.39, 0.29) is 0 Å². The van der Waals surface area contributed by atoms with Gasteiger partial charge in [0.1, 0.15) is 23.4 Å². The lowest BCUT2D eigenvalue weighted by Gasteiger charge is -2.05. The lowest BCUT2D eigenvalue weighted by atomic mass is 10.3. The Kier molecular flexibility index (Phi) is 2.67. The first-order chi connectivity index (χ1) is 8.74. The number of hydrogen-bond donors (Lipinski definition) is 1. The first-order valence-electron chi connectivity index (χ1n) is 5.01. The molecule has 0 aliphatic rings. The third-order valence-corrected chi connectivity index (χ3v) is 2.94. The molecule has 0 spiro atoms. The number of nitrogens with zero attached hydrogens (tertiary/aromatic N) is 3. The third-order valence-electron chi connectivity index (χ3n) is 2.29. The fourth-order valence-electron chi connectivity index (χ4n) is 1.47. The predicted molar refractivity (Wildman–Crippen MR) is 65.9 cm³/mol. The molecule has 0 saturated heterocycles. The Morgan fingerprint density at radius 3 is 2.94 bits per heavy atom. The molecule has 0 saturated carbocycles. The van der Waals surface area contributed by atoms with Crippen LogP contribution in [-0.2, 0) is 0 Å². The van der Waals surface area contributed by atoms with Gasteiger partial charge in [-0.15, -0.1) is 0 Å². The van der Waals surface area contributed by atoms with E-state index in [1.165, 1.54) is 18.7 Å². The minimum atomic E-state index is -0.401. The number of benzene rings is 1. The number of ether oxygens (including phenoxy) is 1. The summed E-state index contributed by atoms with van der Waals surface area (Å²) in [4.78, 5) is 14.8. The van der Waals surface area contributed by atoms with Crippen LogP contribution in [0, 0.1) is 5.82 Å². The van der Waals surface area contributed by atoms with Crippen molar-refractivity contribution in [2.24, 2.45) is 0 Å². The molecule has 7 heteroatoms. The van der Waals surface area contributed by atoms with Crippen LogP contribution in [0.4, 0.5) is 4.39 Å². The van der Waals surface area contributed by atoms with E-state index in [1.54, 1.807) is 12.1 Å². The van der Waals surface area contributed by atoms with Gasteiger partial charge in [0.2, 0.25) is 5.88 Å². The number of nitrogens with one attached hydrogen (secondary N) is 1. The molecule has 0 bridgehead atoms. The van der Waals surface area contributed by atoms with Crippen LogP contribution in [0.15, 0.2) is 35.3 Å². The molecule has 1 aromatic carbocycles. The average molecular weight is 309 g/mol. The SMILES string of the molecule is Fc1cc(Oc2ncnc3nc[nH]c23)ccc1Br. The fraction of sp³-hybridized carbons (Fsp3) is 0. The molecule has 0 radical (unpaired) electrons. The molecular formula is C11H6BrFN4O. The number of imidazole rings is 1. The van der Waals surface area contributed by atoms with Gasteiger partial charge in [0.15, 0.2) is 5.65 Å². The minimum Gasteiger partial charge on any atom is -0.437 e. The van der Waals surface area contributed by atoms with E-state index in [2.05, 4.69) is 35.9 Å². The zero-order chi connectivity index (χ0) is 12.5. The second kappa shape index (κ2) is 4.34. The maximum absolute atomic E-state index is 13.4. The second-order valence-electron chi connectivity index (χ2n) is 3.46. The number of aromatic nitrogens is 4. The molecule has 1 N–H and O–H groups in total. The first kappa shape index (κ1) is 11.1. The van der Waals surface area contributed by atoms with E-state index < -0.39 is 5.82 Å². The third kappa shape index (κ3) is 1.92. The number of fused-ring (bicyclic) bond motifs is 1. The standard InChI is InChI=1S/C11H6BrFN4O/c12-7-2-1-6(3-8(7)13)18-11-9-10(15-4-14-9)16-5-17-11/h1-5H,(H,14,15,16,17). The molecule has 0 amide bonds. The van der Waals surface area contributed by atoms with Crippen LogP contribution >= 0.6 is 15.9 Å². The van der Waals surface area contributed by atoms with Crippen LogP contribution in [0.1, 0.15) is 0 Å². The number of hydrogen-bond acceptors (Lipinski definition) is 4. The Morgan fingerprint density at radius 1 is 1.22 bits per heavy atom. The zero-order valence-corrected chi connectivity index (χ0v) is 10.5. The molecule has 0 aliphatic heterocycles. The molecule has 2 heterocycles. The van der Waals surface area contributed by atoms with E-state index in [1.807, 2.05) is 0 Å². The van der Waals surface area contributed by atoms with Gasteiger partial charge in [-0.05, 0) is 28.1 Å². The monoisotopic (exact) mass is 308 g/mol. The Morgan fingerprint density at radius 2 is 2.11 bits per heavy atom. The highest BCUT2D eigenvalue weighted by Gasteiger charge is 2.09. The van der Waals surface area contributed by atoms with Crippen LogP contribution in [0.5, 0.6) is 11.6 Å². The largest absolute Gasteiger partial charge is 0.437 e. The van der Waals surface area contributed by atoms with E-state index in [0.29, 0.717) is 27.3 Å². The van der Waals surface area contributed by atoms with Crippen LogP contribution in [0.3, 0.4) is 0 Å². The fourth-order valence-corrected chi connectivity index (χ4v) is 1.72. The van der Waals surface area contributed by atoms with Crippen molar-refractivity contribution in [3.05, 3.63) is 41.1 Å². The summed E-state index contributed by atoms with van der Waals surface area (Å²) in [6.45, 7) is 0. The van der Waals surface area contributed by atoms with Gasteiger partial charge in [0.25, 0.3) is 0 Å². The lowest BCUT2D eigenvalue weighted by molar-refractivity contribution is 0.461. The van der Waals surface area contributed by atoms with Crippen molar-refractivity contribution >= 4 is 27.1 Å². The van der Waals surface area contributed by atoms with E-state index in [4.69, 9.17) is 4.74 Å². The van der Waals surface area contributed by atoms with Crippen LogP contribution in [0.25, 0.3) is 11.2 Å². The summed E-state index contributed by atoms with van der Waals surface area (Å²) in [6, 6.07) is 4.47. The molecule has 18 heavy (non-hydrogen) atoms. The molecule has 0 fully saturated rings. The van der Waals surface area contributed by atoms with Crippen molar-refractivity contribution in [1.29, 1.82) is 0 Å². The molecule has 0 unspecified atom stereocenters. The quantitative estimate of drug-likeness (QED) is 0.790. The summed E-state index contributed by atoms with van der Waals surface area (Å²) in [6.07, 6.45) is 2.84. The topological polar surface area (TPSA) is 63.7 Å². The summed E-state index contributed by atoms with van der Waals surface area (Å²) in [7, 11) is 0. The van der Waals surface area contributed by atoms with Crippen molar-refractivity contribution in [1.82, 2.24) is 19.9 Å². The second-order valence-corrected chi connectivity index (χ2v) is 4.31. The Balaban J connectivity index is 2.01. The van der Waals surface area contributed by atoms with E-state index in [0.717, 1.165) is 0 Å². The summed E-state index contributed by atoms with van der Waals surface area (Å²) in [5.74, 6) is 0.256. The summed E-state index contributed by atoms with van der Waals surface area (Å²) in [5.41, 5.74) is 1.07. The number of rotatable bonds is 2. The maximum Gasteiger partial charge on any atom is 0.248 e.